The summed E-state index contributed by atoms with van der Waals surface area (Å²) >= 11 is 1.59. The van der Waals surface area contributed by atoms with Gasteiger partial charge in [0.2, 0.25) is 0 Å². The fourth-order valence-electron chi connectivity index (χ4n) is 3.97. The Bertz CT molecular complexity index is 829. The number of esters is 1. The van der Waals surface area contributed by atoms with Gasteiger partial charge in [0, 0.05) is 22.8 Å². The molecular formula is C19H27NO5S2. The summed E-state index contributed by atoms with van der Waals surface area (Å²) in [5, 5.41) is 1.84. The summed E-state index contributed by atoms with van der Waals surface area (Å²) in [5.41, 5.74) is 1.64. The standard InChI is InChI=1S/C19H27NO5S2/c1-4-20(14-7-8-27(23,24)11-14)18(21)13(3)25-19(22)16-10-26-17-9-12(2)5-6-15(16)17/h10,12-14H,4-9,11H2,1-3H3/t12-,13+,14-/m1/s1. The normalized spacial score (nSPS) is 24.9. The lowest BCUT2D eigenvalue weighted by atomic mass is 9.88. The number of rotatable bonds is 5. The van der Waals surface area contributed by atoms with Crippen LogP contribution in [0.5, 0.6) is 0 Å². The summed E-state index contributed by atoms with van der Waals surface area (Å²) < 4.78 is 28.9. The van der Waals surface area contributed by atoms with E-state index in [1.165, 1.54) is 9.78 Å². The predicted molar refractivity (Wildman–Crippen MR) is 105 cm³/mol. The molecule has 0 unspecified atom stereocenters. The number of amides is 1. The third-order valence-corrected chi connectivity index (χ3v) is 8.33. The average molecular weight is 414 g/mol. The van der Waals surface area contributed by atoms with E-state index in [0.29, 0.717) is 24.4 Å². The smallest absolute Gasteiger partial charge is 0.340 e. The van der Waals surface area contributed by atoms with Gasteiger partial charge in [0.15, 0.2) is 15.9 Å². The Hall–Kier alpha value is -1.41. The molecule has 27 heavy (non-hydrogen) atoms. The zero-order chi connectivity index (χ0) is 19.8. The molecule has 2 aliphatic rings. The molecule has 1 amide bonds. The van der Waals surface area contributed by atoms with Crippen LogP contribution < -0.4 is 0 Å². The van der Waals surface area contributed by atoms with Gasteiger partial charge in [-0.15, -0.1) is 11.3 Å². The Kier molecular flexibility index (Phi) is 5.96. The van der Waals surface area contributed by atoms with Crippen LogP contribution in [0, 0.1) is 5.92 Å². The molecule has 2 heterocycles. The first kappa shape index (κ1) is 20.3. The van der Waals surface area contributed by atoms with E-state index in [4.69, 9.17) is 4.74 Å². The number of carbonyl (C=O) groups excluding carboxylic acids is 2. The largest absolute Gasteiger partial charge is 0.449 e. The lowest BCUT2D eigenvalue weighted by molar-refractivity contribution is -0.141. The van der Waals surface area contributed by atoms with Gasteiger partial charge in [-0.3, -0.25) is 4.79 Å². The van der Waals surface area contributed by atoms with Gasteiger partial charge >= 0.3 is 5.97 Å². The van der Waals surface area contributed by atoms with Gasteiger partial charge in [0.25, 0.3) is 5.91 Å². The molecule has 0 aromatic carbocycles. The van der Waals surface area contributed by atoms with Crippen molar-refractivity contribution in [2.75, 3.05) is 18.1 Å². The van der Waals surface area contributed by atoms with E-state index in [-0.39, 0.29) is 23.5 Å². The second kappa shape index (κ2) is 7.91. The van der Waals surface area contributed by atoms with Gasteiger partial charge in [-0.05, 0) is 51.0 Å². The molecule has 0 radical (unpaired) electrons. The maximum atomic E-state index is 12.8. The van der Waals surface area contributed by atoms with Gasteiger partial charge < -0.3 is 9.64 Å². The number of hydrogen-bond acceptors (Lipinski definition) is 6. The number of ether oxygens (including phenoxy) is 1. The van der Waals surface area contributed by atoms with Crippen molar-refractivity contribution in [3.8, 4) is 0 Å². The molecular weight excluding hydrogens is 386 g/mol. The minimum absolute atomic E-state index is 0.0104. The first-order valence-corrected chi connectivity index (χ1v) is 12.2. The van der Waals surface area contributed by atoms with Crippen molar-refractivity contribution in [1.29, 1.82) is 0 Å². The summed E-state index contributed by atoms with van der Waals surface area (Å²) in [5.74, 6) is -0.0663. The highest BCUT2D eigenvalue weighted by Crippen LogP contribution is 2.33. The molecule has 8 heteroatoms. The summed E-state index contributed by atoms with van der Waals surface area (Å²) in [6.45, 7) is 5.98. The predicted octanol–water partition coefficient (Wildman–Crippen LogP) is 2.45. The number of carbonyl (C=O) groups is 2. The van der Waals surface area contributed by atoms with Crippen LogP contribution in [0.3, 0.4) is 0 Å². The number of hydrogen-bond donors (Lipinski definition) is 0. The van der Waals surface area contributed by atoms with Crippen LogP contribution in [0.25, 0.3) is 0 Å². The number of fused-ring (bicyclic) bond motifs is 1. The molecule has 1 fully saturated rings. The van der Waals surface area contributed by atoms with Crippen molar-refractivity contribution < 1.29 is 22.7 Å². The molecule has 6 nitrogen and oxygen atoms in total. The van der Waals surface area contributed by atoms with E-state index >= 15 is 0 Å². The molecule has 1 saturated heterocycles. The highest BCUT2D eigenvalue weighted by molar-refractivity contribution is 7.91. The minimum Gasteiger partial charge on any atom is -0.449 e. The fraction of sp³-hybridized carbons (Fsp3) is 0.684. The van der Waals surface area contributed by atoms with E-state index < -0.39 is 21.9 Å². The maximum absolute atomic E-state index is 12.8. The number of likely N-dealkylation sites (N-methyl/N-ethyl adjacent to an activating group) is 1. The quantitative estimate of drug-likeness (QED) is 0.693. The Labute approximate surface area is 164 Å². The maximum Gasteiger partial charge on any atom is 0.340 e. The fourth-order valence-corrected chi connectivity index (χ4v) is 6.94. The molecule has 0 spiro atoms. The average Bonchev–Trinajstić information content (AvgIpc) is 3.18. The summed E-state index contributed by atoms with van der Waals surface area (Å²) in [7, 11) is -3.08. The Balaban J connectivity index is 1.66. The first-order chi connectivity index (χ1) is 12.7. The zero-order valence-electron chi connectivity index (χ0n) is 16.1. The lowest BCUT2D eigenvalue weighted by Gasteiger charge is -2.29. The Morgan fingerprint density at radius 2 is 2.11 bits per heavy atom. The van der Waals surface area contributed by atoms with E-state index in [0.717, 1.165) is 24.8 Å². The molecule has 0 N–H and O–H groups in total. The third kappa shape index (κ3) is 4.37. The van der Waals surface area contributed by atoms with Crippen LogP contribution in [0.2, 0.25) is 0 Å². The van der Waals surface area contributed by atoms with Crippen LogP contribution in [-0.2, 0) is 32.2 Å². The van der Waals surface area contributed by atoms with E-state index in [2.05, 4.69) is 6.92 Å². The van der Waals surface area contributed by atoms with E-state index in [1.807, 2.05) is 12.3 Å². The molecule has 1 aliphatic heterocycles. The molecule has 3 atom stereocenters. The van der Waals surface area contributed by atoms with Gasteiger partial charge in [-0.25, -0.2) is 13.2 Å². The highest BCUT2D eigenvalue weighted by Gasteiger charge is 2.36. The number of nitrogens with zero attached hydrogens (tertiary/aromatic N) is 1. The van der Waals surface area contributed by atoms with E-state index in [9.17, 15) is 18.0 Å². The van der Waals surface area contributed by atoms with Gasteiger partial charge in [0.05, 0.1) is 17.1 Å². The van der Waals surface area contributed by atoms with Crippen molar-refractivity contribution in [1.82, 2.24) is 4.90 Å². The number of thiophene rings is 1. The van der Waals surface area contributed by atoms with Crippen molar-refractivity contribution in [3.63, 3.8) is 0 Å². The van der Waals surface area contributed by atoms with Gasteiger partial charge in [-0.1, -0.05) is 6.92 Å². The molecule has 150 valence electrons. The van der Waals surface area contributed by atoms with E-state index in [1.54, 1.807) is 18.3 Å². The molecule has 0 bridgehead atoms. The monoisotopic (exact) mass is 413 g/mol. The topological polar surface area (TPSA) is 80.8 Å². The summed E-state index contributed by atoms with van der Waals surface area (Å²) in [6.07, 6.45) is 2.42. The van der Waals surface area contributed by atoms with Crippen molar-refractivity contribution in [3.05, 3.63) is 21.4 Å². The second-order valence-electron chi connectivity index (χ2n) is 7.63. The van der Waals surface area contributed by atoms with Gasteiger partial charge in [-0.2, -0.15) is 0 Å². The summed E-state index contributed by atoms with van der Waals surface area (Å²) in [6, 6.07) is -0.330. The first-order valence-electron chi connectivity index (χ1n) is 9.53. The Morgan fingerprint density at radius 1 is 1.37 bits per heavy atom. The molecule has 1 aromatic rings. The highest BCUT2D eigenvalue weighted by atomic mass is 32.2. The zero-order valence-corrected chi connectivity index (χ0v) is 17.7. The van der Waals surface area contributed by atoms with Crippen molar-refractivity contribution in [2.24, 2.45) is 5.92 Å². The SMILES string of the molecule is CCN(C(=O)[C@H](C)OC(=O)c1csc2c1CC[C@@H](C)C2)[C@@H]1CCS(=O)(=O)C1. The summed E-state index contributed by atoms with van der Waals surface area (Å²) in [4.78, 5) is 28.2. The molecule has 1 aromatic heterocycles. The molecule has 0 saturated carbocycles. The molecule has 1 aliphatic carbocycles. The van der Waals surface area contributed by atoms with Crippen molar-refractivity contribution >= 4 is 33.1 Å². The lowest BCUT2D eigenvalue weighted by Crippen LogP contribution is -2.46. The minimum atomic E-state index is -3.08. The van der Waals surface area contributed by atoms with Gasteiger partial charge in [0.1, 0.15) is 0 Å². The van der Waals surface area contributed by atoms with Crippen molar-refractivity contribution in [2.45, 2.75) is 58.6 Å². The van der Waals surface area contributed by atoms with Crippen LogP contribution in [0.15, 0.2) is 5.38 Å². The van der Waals surface area contributed by atoms with Crippen LogP contribution in [0.4, 0.5) is 0 Å². The van der Waals surface area contributed by atoms with Crippen LogP contribution in [0.1, 0.15) is 54.4 Å². The second-order valence-corrected chi connectivity index (χ2v) is 10.8. The van der Waals surface area contributed by atoms with Crippen LogP contribution >= 0.6 is 11.3 Å². The van der Waals surface area contributed by atoms with Crippen LogP contribution in [-0.4, -0.2) is 55.4 Å². The number of sulfone groups is 1. The Morgan fingerprint density at radius 3 is 2.74 bits per heavy atom. The third-order valence-electron chi connectivity index (χ3n) is 5.53. The molecule has 3 rings (SSSR count).